The van der Waals surface area contributed by atoms with Crippen LogP contribution in [0.4, 0.5) is 0 Å². The van der Waals surface area contributed by atoms with Crippen LogP contribution in [0.15, 0.2) is 0 Å². The van der Waals surface area contributed by atoms with Gasteiger partial charge in [-0.05, 0) is 55.4 Å². The summed E-state index contributed by atoms with van der Waals surface area (Å²) in [6, 6.07) is 3.37. The minimum Gasteiger partial charge on any atom is -0.868 e. The predicted octanol–water partition coefficient (Wildman–Crippen LogP) is 0.715. The van der Waals surface area contributed by atoms with Crippen LogP contribution in [-0.4, -0.2) is 74.2 Å². The van der Waals surface area contributed by atoms with Gasteiger partial charge in [-0.2, -0.15) is 15.8 Å². The van der Waals surface area contributed by atoms with Crippen LogP contribution in [0.2, 0.25) is 0 Å². The molecule has 0 rings (SSSR count). The summed E-state index contributed by atoms with van der Waals surface area (Å²) >= 11 is 0. The third-order valence-electron chi connectivity index (χ3n) is 6.09. The van der Waals surface area contributed by atoms with Crippen molar-refractivity contribution in [2.45, 2.75) is 61.0 Å². The zero-order valence-electron chi connectivity index (χ0n) is 20.1. The molecule has 0 atom stereocenters. The lowest BCUT2D eigenvalue weighted by atomic mass is 10.1. The van der Waals surface area contributed by atoms with E-state index in [1.54, 1.807) is 0 Å². The van der Waals surface area contributed by atoms with E-state index in [1.807, 2.05) is 0 Å². The summed E-state index contributed by atoms with van der Waals surface area (Å²) in [5, 5.41) is 43.9. The standard InChI is InChI=1S/2C8H20N.C4BN3O4/c2*1-5-9(6-2,7-3)8-4;6-1-4(2-7,3-8)11-12-5(9)10/h2*5-8H2,1-4H3;/q2*+1;-2. The number of rotatable bonds is 11. The average Bonchev–Trinajstić information content (AvgIpc) is 2.80. The number of hydrogen-bond donors (Lipinski definition) is 0. The molecule has 0 aliphatic rings. The van der Waals surface area contributed by atoms with Crippen LogP contribution in [0, 0.1) is 34.0 Å². The van der Waals surface area contributed by atoms with Crippen LogP contribution >= 0.6 is 0 Å². The Morgan fingerprint density at radius 3 is 0.967 bits per heavy atom. The molecule has 0 bridgehead atoms. The first-order chi connectivity index (χ1) is 14.1. The summed E-state index contributed by atoms with van der Waals surface area (Å²) in [5.41, 5.74) is -2.55. The van der Waals surface area contributed by atoms with Crippen LogP contribution in [0.1, 0.15) is 55.4 Å². The number of nitriles is 3. The second-order valence-corrected chi connectivity index (χ2v) is 6.70. The molecule has 0 N–H and O–H groups in total. The Bertz CT molecular complexity index is 456. The van der Waals surface area contributed by atoms with Crippen LogP contribution in [-0.2, 0) is 9.69 Å². The lowest BCUT2D eigenvalue weighted by molar-refractivity contribution is -0.921. The zero-order valence-corrected chi connectivity index (χ0v) is 20.1. The Morgan fingerprint density at radius 2 is 0.867 bits per heavy atom. The molecule has 0 heterocycles. The maximum absolute atomic E-state index is 9.69. The van der Waals surface area contributed by atoms with Crippen molar-refractivity contribution in [3.8, 4) is 18.2 Å². The monoisotopic (exact) mass is 425 g/mol. The first kappa shape index (κ1) is 32.9. The van der Waals surface area contributed by atoms with E-state index in [0.29, 0.717) is 0 Å². The zero-order chi connectivity index (χ0) is 24.3. The Balaban J connectivity index is -0.000000371. The minimum atomic E-state index is -2.81. The van der Waals surface area contributed by atoms with Gasteiger partial charge in [-0.1, -0.05) is 0 Å². The van der Waals surface area contributed by atoms with E-state index in [1.165, 1.54) is 61.3 Å². The van der Waals surface area contributed by atoms with Crippen molar-refractivity contribution in [1.29, 1.82) is 15.8 Å². The van der Waals surface area contributed by atoms with Gasteiger partial charge in [0, 0.05) is 0 Å². The van der Waals surface area contributed by atoms with Crippen LogP contribution in [0.25, 0.3) is 0 Å². The summed E-state index contributed by atoms with van der Waals surface area (Å²) in [5.74, 6) is 0. The van der Waals surface area contributed by atoms with E-state index in [-0.39, 0.29) is 0 Å². The fraction of sp³-hybridized carbons (Fsp3) is 0.850. The van der Waals surface area contributed by atoms with E-state index in [9.17, 15) is 10.0 Å². The molecule has 10 heteroatoms. The molecule has 0 aromatic carbocycles. The second kappa shape index (κ2) is 18.1. The average molecular weight is 425 g/mol. The quantitative estimate of drug-likeness (QED) is 0.206. The molecule has 0 unspecified atom stereocenters. The summed E-state index contributed by atoms with van der Waals surface area (Å²) in [7, 11) is -2.81. The van der Waals surface area contributed by atoms with Gasteiger partial charge in [0.15, 0.2) is 0 Å². The molecular weight excluding hydrogens is 385 g/mol. The van der Waals surface area contributed by atoms with E-state index in [4.69, 9.17) is 15.8 Å². The largest absolute Gasteiger partial charge is 0.868 e. The molecule has 0 aromatic heterocycles. The van der Waals surface area contributed by atoms with Gasteiger partial charge in [0.2, 0.25) is 0 Å². The first-order valence-corrected chi connectivity index (χ1v) is 10.7. The maximum atomic E-state index is 9.69. The molecule has 0 spiro atoms. The minimum absolute atomic E-state index is 1.12. The molecule has 0 radical (unpaired) electrons. The van der Waals surface area contributed by atoms with Gasteiger partial charge in [-0.15, -0.1) is 0 Å². The van der Waals surface area contributed by atoms with Gasteiger partial charge in [0.25, 0.3) is 0 Å². The van der Waals surface area contributed by atoms with Crippen molar-refractivity contribution in [3.63, 3.8) is 0 Å². The van der Waals surface area contributed by atoms with E-state index < -0.39 is 12.9 Å². The topological polar surface area (TPSA) is 136 Å². The van der Waals surface area contributed by atoms with Crippen LogP contribution in [0.3, 0.4) is 0 Å². The van der Waals surface area contributed by atoms with E-state index in [0.717, 1.165) is 18.2 Å². The Morgan fingerprint density at radius 1 is 0.633 bits per heavy atom. The van der Waals surface area contributed by atoms with Gasteiger partial charge >= 0.3 is 5.60 Å². The van der Waals surface area contributed by atoms with E-state index >= 15 is 0 Å². The van der Waals surface area contributed by atoms with Crippen molar-refractivity contribution < 1.29 is 28.7 Å². The fourth-order valence-corrected chi connectivity index (χ4v) is 2.93. The van der Waals surface area contributed by atoms with Crippen molar-refractivity contribution >= 4 is 7.32 Å². The lowest BCUT2D eigenvalue weighted by Gasteiger charge is -2.34. The highest BCUT2D eigenvalue weighted by molar-refractivity contribution is 6.27. The number of nitrogens with zero attached hydrogens (tertiary/aromatic N) is 5. The summed E-state index contributed by atoms with van der Waals surface area (Å²) < 4.78 is 2.56. The highest BCUT2D eigenvalue weighted by atomic mass is 17.2. The highest BCUT2D eigenvalue weighted by Gasteiger charge is 2.32. The van der Waals surface area contributed by atoms with E-state index in [2.05, 4.69) is 65.1 Å². The SMILES string of the molecule is CC[N+](CC)(CC)CC.CC[N+](CC)(CC)CC.N#CC(C#N)(C#N)OOB([O-])[O-]. The smallest absolute Gasteiger partial charge is 0.354 e. The molecule has 0 aliphatic carbocycles. The van der Waals surface area contributed by atoms with Gasteiger partial charge in [-0.25, -0.2) is 4.89 Å². The highest BCUT2D eigenvalue weighted by Crippen LogP contribution is 2.06. The van der Waals surface area contributed by atoms with Crippen LogP contribution in [0.5, 0.6) is 0 Å². The molecule has 0 aliphatic heterocycles. The molecule has 0 saturated heterocycles. The molecular formula is C20H40BN5O4. The molecule has 0 amide bonds. The summed E-state index contributed by atoms with van der Waals surface area (Å²) in [4.78, 5) is 7.13. The maximum Gasteiger partial charge on any atom is 0.354 e. The molecule has 0 saturated carbocycles. The van der Waals surface area contributed by atoms with Gasteiger partial charge in [-0.3, -0.25) is 0 Å². The molecule has 0 fully saturated rings. The Kier molecular flexibility index (Phi) is 19.9. The number of hydrogen-bond acceptors (Lipinski definition) is 7. The van der Waals surface area contributed by atoms with Crippen molar-refractivity contribution in [3.05, 3.63) is 0 Å². The Hall–Kier alpha value is -1.71. The normalized spacial score (nSPS) is 10.9. The predicted molar refractivity (Wildman–Crippen MR) is 112 cm³/mol. The summed E-state index contributed by atoms with van der Waals surface area (Å²) in [6.45, 7) is 28.4. The van der Waals surface area contributed by atoms with Crippen molar-refractivity contribution in [2.75, 3.05) is 52.4 Å². The molecule has 30 heavy (non-hydrogen) atoms. The summed E-state index contributed by atoms with van der Waals surface area (Å²) in [6.07, 6.45) is 0. The van der Waals surface area contributed by atoms with Crippen molar-refractivity contribution in [2.24, 2.45) is 0 Å². The second-order valence-electron chi connectivity index (χ2n) is 6.70. The fourth-order valence-electron chi connectivity index (χ4n) is 2.93. The van der Waals surface area contributed by atoms with Crippen molar-refractivity contribution in [1.82, 2.24) is 0 Å². The van der Waals surface area contributed by atoms with Gasteiger partial charge in [0.05, 0.1) is 52.4 Å². The third-order valence-corrected chi connectivity index (χ3v) is 6.09. The van der Waals surface area contributed by atoms with Crippen LogP contribution < -0.4 is 10.0 Å². The number of quaternary nitrogens is 2. The molecule has 9 nitrogen and oxygen atoms in total. The molecule has 172 valence electrons. The lowest BCUT2D eigenvalue weighted by Crippen LogP contribution is -2.49. The first-order valence-electron chi connectivity index (χ1n) is 10.7. The Labute approximate surface area is 183 Å². The third kappa shape index (κ3) is 12.1. The van der Waals surface area contributed by atoms with Gasteiger partial charge in [0.1, 0.15) is 25.5 Å². The molecule has 0 aromatic rings. The van der Waals surface area contributed by atoms with Gasteiger partial charge < -0.3 is 23.8 Å².